The normalized spacial score (nSPS) is 19.9. The lowest BCUT2D eigenvalue weighted by atomic mass is 9.83. The smallest absolute Gasteiger partial charge is 0.125 e. The molecule has 0 saturated heterocycles. The third-order valence-electron chi connectivity index (χ3n) is 3.68. The van der Waals surface area contributed by atoms with Crippen molar-refractivity contribution in [3.8, 4) is 0 Å². The van der Waals surface area contributed by atoms with Gasteiger partial charge in [-0.25, -0.2) is 4.98 Å². The van der Waals surface area contributed by atoms with Crippen molar-refractivity contribution in [2.45, 2.75) is 45.1 Å². The Morgan fingerprint density at radius 1 is 1.44 bits per heavy atom. The largest absolute Gasteiger partial charge is 0.337 e. The number of hydrogen-bond acceptors (Lipinski definition) is 2. The maximum Gasteiger partial charge on any atom is 0.125 e. The second-order valence-corrected chi connectivity index (χ2v) is 4.83. The SMILES string of the molecule is CCNC(c1nccn1C)C1CCCCC1. The molecule has 0 amide bonds. The van der Waals surface area contributed by atoms with E-state index < -0.39 is 0 Å². The van der Waals surface area contributed by atoms with Crippen LogP contribution in [0.4, 0.5) is 0 Å². The van der Waals surface area contributed by atoms with Crippen LogP contribution in [0.25, 0.3) is 0 Å². The van der Waals surface area contributed by atoms with Crippen LogP contribution in [0.2, 0.25) is 0 Å². The molecule has 1 aliphatic rings. The number of imidazole rings is 1. The van der Waals surface area contributed by atoms with E-state index in [1.807, 2.05) is 12.4 Å². The minimum Gasteiger partial charge on any atom is -0.337 e. The van der Waals surface area contributed by atoms with Gasteiger partial charge in [0, 0.05) is 19.4 Å². The van der Waals surface area contributed by atoms with Gasteiger partial charge in [-0.3, -0.25) is 0 Å². The Morgan fingerprint density at radius 2 is 2.19 bits per heavy atom. The van der Waals surface area contributed by atoms with Crippen LogP contribution in [0, 0.1) is 5.92 Å². The van der Waals surface area contributed by atoms with E-state index in [0.717, 1.165) is 12.5 Å². The van der Waals surface area contributed by atoms with Crippen molar-refractivity contribution in [2.24, 2.45) is 13.0 Å². The van der Waals surface area contributed by atoms with E-state index >= 15 is 0 Å². The van der Waals surface area contributed by atoms with Gasteiger partial charge in [0.05, 0.1) is 6.04 Å². The summed E-state index contributed by atoms with van der Waals surface area (Å²) in [7, 11) is 2.09. The molecule has 0 spiro atoms. The van der Waals surface area contributed by atoms with Crippen molar-refractivity contribution < 1.29 is 0 Å². The van der Waals surface area contributed by atoms with Gasteiger partial charge >= 0.3 is 0 Å². The van der Waals surface area contributed by atoms with Crippen molar-refractivity contribution in [2.75, 3.05) is 6.54 Å². The summed E-state index contributed by atoms with van der Waals surface area (Å²) in [6, 6.07) is 0.449. The van der Waals surface area contributed by atoms with Crippen LogP contribution in [-0.2, 0) is 7.05 Å². The quantitative estimate of drug-likeness (QED) is 0.847. The highest BCUT2D eigenvalue weighted by atomic mass is 15.1. The average molecular weight is 221 g/mol. The first-order valence-corrected chi connectivity index (χ1v) is 6.53. The molecule has 1 aliphatic carbocycles. The van der Waals surface area contributed by atoms with Gasteiger partial charge in [0.1, 0.15) is 5.82 Å². The minimum absolute atomic E-state index is 0.449. The fraction of sp³-hybridized carbons (Fsp3) is 0.769. The standard InChI is InChI=1S/C13H23N3/c1-3-14-12(11-7-5-4-6-8-11)13-15-9-10-16(13)2/h9-12,14H,3-8H2,1-2H3. The predicted molar refractivity (Wildman–Crippen MR) is 66.2 cm³/mol. The summed E-state index contributed by atoms with van der Waals surface area (Å²) in [4.78, 5) is 4.51. The van der Waals surface area contributed by atoms with E-state index in [9.17, 15) is 0 Å². The lowest BCUT2D eigenvalue weighted by Crippen LogP contribution is -2.31. The zero-order chi connectivity index (χ0) is 11.4. The van der Waals surface area contributed by atoms with Crippen LogP contribution in [0.1, 0.15) is 50.9 Å². The molecule has 1 saturated carbocycles. The Labute approximate surface area is 98.3 Å². The molecule has 0 aliphatic heterocycles. The van der Waals surface area contributed by atoms with Gasteiger partial charge < -0.3 is 9.88 Å². The summed E-state index contributed by atoms with van der Waals surface area (Å²) >= 11 is 0. The van der Waals surface area contributed by atoms with Crippen LogP contribution in [0.5, 0.6) is 0 Å². The minimum atomic E-state index is 0.449. The van der Waals surface area contributed by atoms with Gasteiger partial charge in [-0.2, -0.15) is 0 Å². The summed E-state index contributed by atoms with van der Waals surface area (Å²) in [5.74, 6) is 1.98. The highest BCUT2D eigenvalue weighted by Gasteiger charge is 2.26. The van der Waals surface area contributed by atoms with Crippen LogP contribution in [0.15, 0.2) is 12.4 Å². The molecule has 90 valence electrons. The first-order chi connectivity index (χ1) is 7.83. The molecule has 1 atom stereocenters. The molecular formula is C13H23N3. The highest BCUT2D eigenvalue weighted by Crippen LogP contribution is 2.33. The maximum atomic E-state index is 4.51. The van der Waals surface area contributed by atoms with Crippen molar-refractivity contribution in [1.82, 2.24) is 14.9 Å². The number of nitrogens with one attached hydrogen (secondary N) is 1. The summed E-state index contributed by atoms with van der Waals surface area (Å²) in [5.41, 5.74) is 0. The molecule has 1 aromatic rings. The lowest BCUT2D eigenvalue weighted by molar-refractivity contribution is 0.263. The van der Waals surface area contributed by atoms with Crippen molar-refractivity contribution >= 4 is 0 Å². The highest BCUT2D eigenvalue weighted by molar-refractivity contribution is 5.01. The van der Waals surface area contributed by atoms with E-state index in [4.69, 9.17) is 0 Å². The second-order valence-electron chi connectivity index (χ2n) is 4.83. The van der Waals surface area contributed by atoms with Crippen molar-refractivity contribution in [3.05, 3.63) is 18.2 Å². The first-order valence-electron chi connectivity index (χ1n) is 6.53. The first kappa shape index (κ1) is 11.6. The summed E-state index contributed by atoms with van der Waals surface area (Å²) in [6.45, 7) is 3.20. The Morgan fingerprint density at radius 3 is 2.75 bits per heavy atom. The molecular weight excluding hydrogens is 198 g/mol. The molecule has 0 bridgehead atoms. The van der Waals surface area contributed by atoms with E-state index in [2.05, 4.69) is 28.8 Å². The van der Waals surface area contributed by atoms with E-state index in [0.29, 0.717) is 6.04 Å². The number of aromatic nitrogens is 2. The third-order valence-corrected chi connectivity index (χ3v) is 3.68. The molecule has 0 aromatic carbocycles. The summed E-state index contributed by atoms with van der Waals surface area (Å²) in [6.07, 6.45) is 10.8. The van der Waals surface area contributed by atoms with Crippen molar-refractivity contribution in [1.29, 1.82) is 0 Å². The Balaban J connectivity index is 2.12. The molecule has 0 radical (unpaired) electrons. The third kappa shape index (κ3) is 2.46. The fourth-order valence-electron chi connectivity index (χ4n) is 2.83. The molecule has 16 heavy (non-hydrogen) atoms. The van der Waals surface area contributed by atoms with Crippen LogP contribution >= 0.6 is 0 Å². The van der Waals surface area contributed by atoms with Gasteiger partial charge in [-0.05, 0) is 25.3 Å². The molecule has 3 heteroatoms. The van der Waals surface area contributed by atoms with Gasteiger partial charge in [0.2, 0.25) is 0 Å². The maximum absolute atomic E-state index is 4.51. The molecule has 1 fully saturated rings. The number of hydrogen-bond donors (Lipinski definition) is 1. The lowest BCUT2D eigenvalue weighted by Gasteiger charge is -2.30. The van der Waals surface area contributed by atoms with Crippen molar-refractivity contribution in [3.63, 3.8) is 0 Å². The number of aryl methyl sites for hydroxylation is 1. The van der Waals surface area contributed by atoms with E-state index in [-0.39, 0.29) is 0 Å². The molecule has 1 N–H and O–H groups in total. The van der Waals surface area contributed by atoms with Crippen LogP contribution in [0.3, 0.4) is 0 Å². The monoisotopic (exact) mass is 221 g/mol. The average Bonchev–Trinajstić information content (AvgIpc) is 2.73. The zero-order valence-electron chi connectivity index (χ0n) is 10.4. The Bertz CT molecular complexity index is 313. The predicted octanol–water partition coefficient (Wildman–Crippen LogP) is 2.65. The van der Waals surface area contributed by atoms with Gasteiger partial charge in [-0.15, -0.1) is 0 Å². The van der Waals surface area contributed by atoms with E-state index in [1.165, 1.54) is 37.9 Å². The molecule has 1 unspecified atom stereocenters. The molecule has 1 heterocycles. The van der Waals surface area contributed by atoms with Crippen LogP contribution in [-0.4, -0.2) is 16.1 Å². The Kier molecular flexibility index (Phi) is 3.99. The Hall–Kier alpha value is -0.830. The fourth-order valence-corrected chi connectivity index (χ4v) is 2.83. The molecule has 3 nitrogen and oxygen atoms in total. The number of nitrogens with zero attached hydrogens (tertiary/aromatic N) is 2. The zero-order valence-corrected chi connectivity index (χ0v) is 10.4. The van der Waals surface area contributed by atoms with E-state index in [1.54, 1.807) is 0 Å². The van der Waals surface area contributed by atoms with Gasteiger partial charge in [-0.1, -0.05) is 26.2 Å². The summed E-state index contributed by atoms with van der Waals surface area (Å²) < 4.78 is 2.15. The summed E-state index contributed by atoms with van der Waals surface area (Å²) in [5, 5.41) is 3.61. The molecule has 1 aromatic heterocycles. The topological polar surface area (TPSA) is 29.9 Å². The van der Waals surface area contributed by atoms with Gasteiger partial charge in [0.25, 0.3) is 0 Å². The van der Waals surface area contributed by atoms with Gasteiger partial charge in [0.15, 0.2) is 0 Å². The number of rotatable bonds is 4. The van der Waals surface area contributed by atoms with Crippen LogP contribution < -0.4 is 5.32 Å². The molecule has 2 rings (SSSR count). The second kappa shape index (κ2) is 5.48.